The molecular formula is C16H20F4N6. The summed E-state index contributed by atoms with van der Waals surface area (Å²) in [6.07, 6.45) is 0. The molecule has 2 saturated heterocycles. The van der Waals surface area contributed by atoms with Crippen LogP contribution in [0.5, 0.6) is 0 Å². The summed E-state index contributed by atoms with van der Waals surface area (Å²) in [5.41, 5.74) is -1.31. The Bertz CT molecular complexity index is 705. The molecule has 26 heavy (non-hydrogen) atoms. The SMILES string of the molecule is CN1CCN(C)C1=Nc1c(F)c(F)c(F)c(F)c1N=C1N(C)CCN1C. The van der Waals surface area contributed by atoms with E-state index in [0.717, 1.165) is 0 Å². The zero-order chi connectivity index (χ0) is 19.2. The van der Waals surface area contributed by atoms with E-state index in [0.29, 0.717) is 38.1 Å². The standard InChI is InChI=1S/C16H20F4N6/c1-23-5-6-24(2)15(23)21-13-11(19)9(17)10(18)12(20)14(13)22-16-25(3)7-8-26(16)4/h5-8H2,1-4H3. The number of rotatable bonds is 2. The third-order valence-corrected chi connectivity index (χ3v) is 4.55. The number of halogens is 4. The normalized spacial score (nSPS) is 17.7. The fraction of sp³-hybridized carbons (Fsp3) is 0.500. The van der Waals surface area contributed by atoms with E-state index in [4.69, 9.17) is 0 Å². The van der Waals surface area contributed by atoms with Crippen LogP contribution in [-0.4, -0.2) is 85.9 Å². The van der Waals surface area contributed by atoms with Crippen LogP contribution >= 0.6 is 0 Å². The highest BCUT2D eigenvalue weighted by molar-refractivity contribution is 5.89. The van der Waals surface area contributed by atoms with Gasteiger partial charge in [0.05, 0.1) is 0 Å². The number of hydrogen-bond donors (Lipinski definition) is 0. The highest BCUT2D eigenvalue weighted by atomic mass is 19.2. The minimum atomic E-state index is -1.90. The molecule has 1 aromatic rings. The first kappa shape index (κ1) is 18.3. The van der Waals surface area contributed by atoms with Crippen LogP contribution in [0.3, 0.4) is 0 Å². The van der Waals surface area contributed by atoms with Gasteiger partial charge in [0.25, 0.3) is 0 Å². The maximum absolute atomic E-state index is 14.5. The number of guanidine groups is 2. The zero-order valence-electron chi connectivity index (χ0n) is 15.0. The lowest BCUT2D eigenvalue weighted by atomic mass is 10.2. The van der Waals surface area contributed by atoms with E-state index in [1.54, 1.807) is 47.8 Å². The molecule has 0 atom stereocenters. The van der Waals surface area contributed by atoms with Gasteiger partial charge in [0.15, 0.2) is 23.3 Å². The Morgan fingerprint density at radius 2 is 0.808 bits per heavy atom. The van der Waals surface area contributed by atoms with E-state index in [1.807, 2.05) is 0 Å². The lowest BCUT2D eigenvalue weighted by Gasteiger charge is -2.18. The topological polar surface area (TPSA) is 37.7 Å². The fourth-order valence-electron chi connectivity index (χ4n) is 2.94. The monoisotopic (exact) mass is 372 g/mol. The summed E-state index contributed by atoms with van der Waals surface area (Å²) in [6.45, 7) is 2.49. The summed E-state index contributed by atoms with van der Waals surface area (Å²) < 4.78 is 56.5. The van der Waals surface area contributed by atoms with Crippen LogP contribution in [0.4, 0.5) is 28.9 Å². The third-order valence-electron chi connectivity index (χ3n) is 4.55. The number of hydrogen-bond acceptors (Lipinski definition) is 2. The summed E-state index contributed by atoms with van der Waals surface area (Å²) in [6, 6.07) is 0. The summed E-state index contributed by atoms with van der Waals surface area (Å²) in [5, 5.41) is 0. The van der Waals surface area contributed by atoms with E-state index in [9.17, 15) is 17.6 Å². The molecule has 2 fully saturated rings. The summed E-state index contributed by atoms with van der Waals surface area (Å²) >= 11 is 0. The van der Waals surface area contributed by atoms with Gasteiger partial charge in [-0.1, -0.05) is 0 Å². The highest BCUT2D eigenvalue weighted by Gasteiger charge is 2.30. The predicted octanol–water partition coefficient (Wildman–Crippen LogP) is 1.97. The summed E-state index contributed by atoms with van der Waals surface area (Å²) in [4.78, 5) is 15.0. The summed E-state index contributed by atoms with van der Waals surface area (Å²) in [5.74, 6) is -6.28. The minimum Gasteiger partial charge on any atom is -0.344 e. The Balaban J connectivity index is 2.23. The molecule has 142 valence electrons. The van der Waals surface area contributed by atoms with Crippen molar-refractivity contribution in [2.45, 2.75) is 0 Å². The Labute approximate surface area is 149 Å². The van der Waals surface area contributed by atoms with Gasteiger partial charge in [-0.3, -0.25) is 0 Å². The van der Waals surface area contributed by atoms with Gasteiger partial charge in [0.2, 0.25) is 11.9 Å². The predicted molar refractivity (Wildman–Crippen MR) is 91.0 cm³/mol. The molecule has 0 amide bonds. The Kier molecular flexibility index (Phi) is 4.68. The van der Waals surface area contributed by atoms with Crippen LogP contribution in [-0.2, 0) is 0 Å². The number of nitrogens with zero attached hydrogens (tertiary/aromatic N) is 6. The maximum atomic E-state index is 14.5. The van der Waals surface area contributed by atoms with Crippen molar-refractivity contribution in [1.82, 2.24) is 19.6 Å². The largest absolute Gasteiger partial charge is 0.344 e. The van der Waals surface area contributed by atoms with Gasteiger partial charge >= 0.3 is 0 Å². The first-order chi connectivity index (χ1) is 12.2. The number of aliphatic imine (C=N–C) groups is 2. The van der Waals surface area contributed by atoms with E-state index in [-0.39, 0.29) is 0 Å². The van der Waals surface area contributed by atoms with Gasteiger partial charge in [0, 0.05) is 54.4 Å². The molecule has 0 aromatic heterocycles. The average molecular weight is 372 g/mol. The zero-order valence-corrected chi connectivity index (χ0v) is 15.0. The molecule has 10 heteroatoms. The molecule has 0 aliphatic carbocycles. The van der Waals surface area contributed by atoms with Crippen LogP contribution in [0, 0.1) is 23.3 Å². The molecular weight excluding hydrogens is 352 g/mol. The maximum Gasteiger partial charge on any atom is 0.201 e. The summed E-state index contributed by atoms with van der Waals surface area (Å²) in [7, 11) is 6.89. The van der Waals surface area contributed by atoms with Gasteiger partial charge in [-0.2, -0.15) is 0 Å². The van der Waals surface area contributed by atoms with Crippen LogP contribution < -0.4 is 0 Å². The van der Waals surface area contributed by atoms with Crippen LogP contribution in [0.1, 0.15) is 0 Å². The molecule has 3 rings (SSSR count). The first-order valence-electron chi connectivity index (χ1n) is 8.10. The molecule has 0 radical (unpaired) electrons. The molecule has 2 aliphatic rings. The van der Waals surface area contributed by atoms with Crippen molar-refractivity contribution >= 4 is 23.3 Å². The van der Waals surface area contributed by atoms with Crippen molar-refractivity contribution in [1.29, 1.82) is 0 Å². The molecule has 0 bridgehead atoms. The second kappa shape index (κ2) is 6.65. The lowest BCUT2D eigenvalue weighted by molar-refractivity contribution is 0.411. The van der Waals surface area contributed by atoms with Gasteiger partial charge < -0.3 is 19.6 Å². The first-order valence-corrected chi connectivity index (χ1v) is 8.10. The van der Waals surface area contributed by atoms with Gasteiger partial charge in [0.1, 0.15) is 11.4 Å². The number of likely N-dealkylation sites (N-methyl/N-ethyl adjacent to an activating group) is 4. The van der Waals surface area contributed by atoms with E-state index in [2.05, 4.69) is 9.98 Å². The van der Waals surface area contributed by atoms with Crippen LogP contribution in [0.15, 0.2) is 9.98 Å². The minimum absolute atomic E-state index is 0.323. The van der Waals surface area contributed by atoms with E-state index < -0.39 is 34.6 Å². The van der Waals surface area contributed by atoms with Crippen LogP contribution in [0.2, 0.25) is 0 Å². The quantitative estimate of drug-likeness (QED) is 0.452. The Morgan fingerprint density at radius 3 is 1.08 bits per heavy atom. The van der Waals surface area contributed by atoms with Crippen molar-refractivity contribution < 1.29 is 17.6 Å². The fourth-order valence-corrected chi connectivity index (χ4v) is 2.94. The molecule has 0 spiro atoms. The Morgan fingerprint density at radius 1 is 0.538 bits per heavy atom. The van der Waals surface area contributed by atoms with E-state index >= 15 is 0 Å². The van der Waals surface area contributed by atoms with Crippen molar-refractivity contribution in [3.63, 3.8) is 0 Å². The van der Waals surface area contributed by atoms with Gasteiger partial charge in [-0.05, 0) is 0 Å². The van der Waals surface area contributed by atoms with Crippen molar-refractivity contribution in [2.24, 2.45) is 9.98 Å². The van der Waals surface area contributed by atoms with Gasteiger partial charge in [-0.25, -0.2) is 27.5 Å². The van der Waals surface area contributed by atoms with Crippen molar-refractivity contribution in [3.8, 4) is 0 Å². The smallest absolute Gasteiger partial charge is 0.201 e. The third kappa shape index (κ3) is 2.93. The highest BCUT2D eigenvalue weighted by Crippen LogP contribution is 2.38. The van der Waals surface area contributed by atoms with Crippen LogP contribution in [0.25, 0.3) is 0 Å². The second-order valence-corrected chi connectivity index (χ2v) is 6.46. The molecule has 0 saturated carbocycles. The van der Waals surface area contributed by atoms with Crippen molar-refractivity contribution in [3.05, 3.63) is 23.3 Å². The molecule has 0 unspecified atom stereocenters. The van der Waals surface area contributed by atoms with E-state index in [1.165, 1.54) is 0 Å². The molecule has 1 aromatic carbocycles. The number of benzene rings is 1. The average Bonchev–Trinajstić information content (AvgIpc) is 3.09. The lowest BCUT2D eigenvalue weighted by Crippen LogP contribution is -2.28. The molecule has 6 nitrogen and oxygen atoms in total. The van der Waals surface area contributed by atoms with Crippen molar-refractivity contribution in [2.75, 3.05) is 54.4 Å². The molecule has 0 N–H and O–H groups in total. The Hall–Kier alpha value is -2.52. The molecule has 2 aliphatic heterocycles. The van der Waals surface area contributed by atoms with Gasteiger partial charge in [-0.15, -0.1) is 0 Å². The second-order valence-electron chi connectivity index (χ2n) is 6.46. The molecule has 2 heterocycles.